The summed E-state index contributed by atoms with van der Waals surface area (Å²) >= 11 is 1.35. The number of aryl methyl sites for hydroxylation is 2. The van der Waals surface area contributed by atoms with Crippen LogP contribution in [0.15, 0.2) is 24.3 Å². The number of thiazole rings is 1. The standard InChI is InChI=1S/C19H25N3O2S/c1-5-11-20-17(23)13(4)21-18(24)16-12(3)22-19(25-16)15-9-7-14(6-2)8-10-15/h7-10,13H,5-6,11H2,1-4H3,(H,20,23)(H,21,24)/t13-/m0/s1. The molecular formula is C19H25N3O2S. The Kier molecular flexibility index (Phi) is 6.70. The number of aromatic nitrogens is 1. The van der Waals surface area contributed by atoms with Gasteiger partial charge in [-0.2, -0.15) is 0 Å². The maximum atomic E-state index is 12.5. The summed E-state index contributed by atoms with van der Waals surface area (Å²) < 4.78 is 0. The molecule has 0 radical (unpaired) electrons. The van der Waals surface area contributed by atoms with Crippen LogP contribution in [0, 0.1) is 6.92 Å². The van der Waals surface area contributed by atoms with Gasteiger partial charge in [0.2, 0.25) is 5.91 Å². The third kappa shape index (κ3) is 4.89. The third-order valence-corrected chi connectivity index (χ3v) is 5.11. The first-order valence-electron chi connectivity index (χ1n) is 8.61. The van der Waals surface area contributed by atoms with Crippen LogP contribution in [0.5, 0.6) is 0 Å². The Balaban J connectivity index is 2.10. The van der Waals surface area contributed by atoms with Crippen molar-refractivity contribution in [2.24, 2.45) is 0 Å². The number of hydrogen-bond acceptors (Lipinski definition) is 4. The van der Waals surface area contributed by atoms with E-state index < -0.39 is 6.04 Å². The highest BCUT2D eigenvalue weighted by Crippen LogP contribution is 2.28. The van der Waals surface area contributed by atoms with E-state index in [1.807, 2.05) is 26.0 Å². The fourth-order valence-corrected chi connectivity index (χ4v) is 3.32. The highest BCUT2D eigenvalue weighted by molar-refractivity contribution is 7.17. The van der Waals surface area contributed by atoms with Gasteiger partial charge in [-0.25, -0.2) is 4.98 Å². The molecule has 2 amide bonds. The second kappa shape index (κ2) is 8.76. The Bertz CT molecular complexity index is 738. The van der Waals surface area contributed by atoms with Crippen molar-refractivity contribution in [2.45, 2.75) is 46.6 Å². The minimum absolute atomic E-state index is 0.173. The number of benzene rings is 1. The lowest BCUT2D eigenvalue weighted by Gasteiger charge is -2.13. The molecule has 134 valence electrons. The minimum atomic E-state index is -0.576. The monoisotopic (exact) mass is 359 g/mol. The largest absolute Gasteiger partial charge is 0.354 e. The summed E-state index contributed by atoms with van der Waals surface area (Å²) in [6.45, 7) is 8.21. The summed E-state index contributed by atoms with van der Waals surface area (Å²) in [5.74, 6) is -0.432. The Hall–Kier alpha value is -2.21. The summed E-state index contributed by atoms with van der Waals surface area (Å²) in [6.07, 6.45) is 1.85. The third-order valence-electron chi connectivity index (χ3n) is 3.90. The van der Waals surface area contributed by atoms with Crippen LogP contribution in [0.1, 0.15) is 48.1 Å². The predicted octanol–water partition coefficient (Wildman–Crippen LogP) is 3.33. The number of hydrogen-bond donors (Lipinski definition) is 2. The number of carbonyl (C=O) groups excluding carboxylic acids is 2. The molecule has 1 aromatic heterocycles. The van der Waals surface area contributed by atoms with Gasteiger partial charge in [-0.05, 0) is 32.3 Å². The number of rotatable bonds is 7. The van der Waals surface area contributed by atoms with Gasteiger partial charge < -0.3 is 10.6 Å². The number of amides is 2. The molecule has 2 aromatic rings. The van der Waals surface area contributed by atoms with Crippen LogP contribution in [0.2, 0.25) is 0 Å². The maximum absolute atomic E-state index is 12.5. The first-order valence-corrected chi connectivity index (χ1v) is 9.43. The lowest BCUT2D eigenvalue weighted by molar-refractivity contribution is -0.122. The van der Waals surface area contributed by atoms with Crippen LogP contribution in [0.25, 0.3) is 10.6 Å². The van der Waals surface area contributed by atoms with E-state index in [1.54, 1.807) is 6.92 Å². The van der Waals surface area contributed by atoms with Gasteiger partial charge in [0.25, 0.3) is 5.91 Å². The molecule has 0 bridgehead atoms. The molecule has 5 nitrogen and oxygen atoms in total. The van der Waals surface area contributed by atoms with Gasteiger partial charge in [0, 0.05) is 12.1 Å². The van der Waals surface area contributed by atoms with Crippen molar-refractivity contribution < 1.29 is 9.59 Å². The fourth-order valence-electron chi connectivity index (χ4n) is 2.34. The summed E-state index contributed by atoms with van der Waals surface area (Å²) in [7, 11) is 0. The smallest absolute Gasteiger partial charge is 0.263 e. The molecule has 1 aromatic carbocycles. The molecule has 0 saturated heterocycles. The quantitative estimate of drug-likeness (QED) is 0.796. The van der Waals surface area contributed by atoms with E-state index in [4.69, 9.17) is 0 Å². The number of carbonyl (C=O) groups is 2. The fraction of sp³-hybridized carbons (Fsp3) is 0.421. The zero-order valence-electron chi connectivity index (χ0n) is 15.2. The van der Waals surface area contributed by atoms with Crippen LogP contribution < -0.4 is 10.6 Å². The lowest BCUT2D eigenvalue weighted by atomic mass is 10.1. The van der Waals surface area contributed by atoms with Gasteiger partial charge in [0.05, 0.1) is 5.69 Å². The van der Waals surface area contributed by atoms with E-state index in [2.05, 4.69) is 34.7 Å². The topological polar surface area (TPSA) is 71.1 Å². The molecule has 0 saturated carbocycles. The van der Waals surface area contributed by atoms with Gasteiger partial charge >= 0.3 is 0 Å². The second-order valence-corrected chi connectivity index (χ2v) is 6.97. The number of nitrogens with zero attached hydrogens (tertiary/aromatic N) is 1. The summed E-state index contributed by atoms with van der Waals surface area (Å²) in [5, 5.41) is 6.34. The van der Waals surface area contributed by atoms with Gasteiger partial charge in [-0.1, -0.05) is 38.1 Å². The predicted molar refractivity (Wildman–Crippen MR) is 102 cm³/mol. The summed E-state index contributed by atoms with van der Waals surface area (Å²) in [4.78, 5) is 29.4. The lowest BCUT2D eigenvalue weighted by Crippen LogP contribution is -2.44. The molecule has 0 aliphatic heterocycles. The molecule has 0 unspecified atom stereocenters. The van der Waals surface area contributed by atoms with E-state index in [0.29, 0.717) is 17.1 Å². The molecule has 0 aliphatic rings. The first kappa shape index (κ1) is 19.1. The molecule has 1 atom stereocenters. The van der Waals surface area contributed by atoms with Gasteiger partial charge in [0.1, 0.15) is 15.9 Å². The van der Waals surface area contributed by atoms with Crippen LogP contribution in [0.4, 0.5) is 0 Å². The van der Waals surface area contributed by atoms with Gasteiger partial charge in [-0.3, -0.25) is 9.59 Å². The zero-order valence-corrected chi connectivity index (χ0v) is 16.0. The van der Waals surface area contributed by atoms with Crippen molar-refractivity contribution in [1.29, 1.82) is 0 Å². The molecule has 1 heterocycles. The molecule has 25 heavy (non-hydrogen) atoms. The van der Waals surface area contributed by atoms with Crippen molar-refractivity contribution in [2.75, 3.05) is 6.54 Å². The van der Waals surface area contributed by atoms with Gasteiger partial charge in [-0.15, -0.1) is 11.3 Å². The maximum Gasteiger partial charge on any atom is 0.263 e. The zero-order chi connectivity index (χ0) is 18.4. The normalized spacial score (nSPS) is 11.8. The van der Waals surface area contributed by atoms with E-state index in [1.165, 1.54) is 16.9 Å². The summed E-state index contributed by atoms with van der Waals surface area (Å²) in [5.41, 5.74) is 2.94. The molecular weight excluding hydrogens is 334 g/mol. The van der Waals surface area contributed by atoms with E-state index in [9.17, 15) is 9.59 Å². The number of nitrogens with one attached hydrogen (secondary N) is 2. The van der Waals surface area contributed by atoms with Crippen LogP contribution in [-0.2, 0) is 11.2 Å². The Morgan fingerprint density at radius 2 is 1.88 bits per heavy atom. The minimum Gasteiger partial charge on any atom is -0.354 e. The van der Waals surface area contributed by atoms with Crippen molar-refractivity contribution in [3.63, 3.8) is 0 Å². The average molecular weight is 359 g/mol. The Labute approximate surface area is 152 Å². The van der Waals surface area contributed by atoms with Crippen LogP contribution in [-0.4, -0.2) is 29.4 Å². The van der Waals surface area contributed by atoms with Crippen molar-refractivity contribution in [3.05, 3.63) is 40.4 Å². The molecule has 0 aliphatic carbocycles. The molecule has 0 spiro atoms. The van der Waals surface area contributed by atoms with Gasteiger partial charge in [0.15, 0.2) is 0 Å². The van der Waals surface area contributed by atoms with Crippen LogP contribution >= 0.6 is 11.3 Å². The van der Waals surface area contributed by atoms with Crippen molar-refractivity contribution in [3.8, 4) is 10.6 Å². The van der Waals surface area contributed by atoms with Crippen LogP contribution in [0.3, 0.4) is 0 Å². The van der Waals surface area contributed by atoms with E-state index >= 15 is 0 Å². The first-order chi connectivity index (χ1) is 12.0. The van der Waals surface area contributed by atoms with Crippen molar-refractivity contribution >= 4 is 23.2 Å². The molecule has 6 heteroatoms. The SMILES string of the molecule is CCCNC(=O)[C@H](C)NC(=O)c1sc(-c2ccc(CC)cc2)nc1C. The highest BCUT2D eigenvalue weighted by Gasteiger charge is 2.20. The molecule has 2 N–H and O–H groups in total. The highest BCUT2D eigenvalue weighted by atomic mass is 32.1. The second-order valence-electron chi connectivity index (χ2n) is 5.97. The van der Waals surface area contributed by atoms with E-state index in [-0.39, 0.29) is 11.8 Å². The molecule has 2 rings (SSSR count). The Morgan fingerprint density at radius 1 is 1.20 bits per heavy atom. The summed E-state index contributed by atoms with van der Waals surface area (Å²) in [6, 6.07) is 7.63. The van der Waals surface area contributed by atoms with E-state index in [0.717, 1.165) is 23.4 Å². The molecule has 0 fully saturated rings. The average Bonchev–Trinajstić information content (AvgIpc) is 3.01. The Morgan fingerprint density at radius 3 is 2.48 bits per heavy atom. The van der Waals surface area contributed by atoms with Crippen molar-refractivity contribution in [1.82, 2.24) is 15.6 Å².